The van der Waals surface area contributed by atoms with E-state index in [1.165, 1.54) is 10.5 Å². The van der Waals surface area contributed by atoms with Crippen LogP contribution in [0.15, 0.2) is 53.7 Å². The molecule has 0 saturated heterocycles. The van der Waals surface area contributed by atoms with Crippen molar-refractivity contribution in [1.82, 2.24) is 24.4 Å². The van der Waals surface area contributed by atoms with E-state index in [4.69, 9.17) is 0 Å². The zero-order valence-corrected chi connectivity index (χ0v) is 18.4. The lowest BCUT2D eigenvalue weighted by atomic mass is 10.1. The minimum absolute atomic E-state index is 0.193. The molecule has 1 aliphatic heterocycles. The van der Waals surface area contributed by atoms with Gasteiger partial charge in [0.2, 0.25) is 10.0 Å². The molecule has 0 bridgehead atoms. The fourth-order valence-electron chi connectivity index (χ4n) is 3.87. The summed E-state index contributed by atoms with van der Waals surface area (Å²) in [5, 5.41) is 7.47. The third-order valence-electron chi connectivity index (χ3n) is 5.49. The summed E-state index contributed by atoms with van der Waals surface area (Å²) in [7, 11) is -1.71. The van der Waals surface area contributed by atoms with Crippen molar-refractivity contribution in [3.8, 4) is 0 Å². The number of benzene rings is 1. The summed E-state index contributed by atoms with van der Waals surface area (Å²) in [6.45, 7) is 2.99. The number of nitrogens with zero attached hydrogens (tertiary/aromatic N) is 4. The average molecular weight is 440 g/mol. The number of fused-ring (bicyclic) bond motifs is 1. The topological polar surface area (TPSA) is 97.2 Å². The second-order valence-electron chi connectivity index (χ2n) is 7.65. The Morgan fingerprint density at radius 2 is 2.06 bits per heavy atom. The molecule has 0 saturated carbocycles. The van der Waals surface area contributed by atoms with Crippen molar-refractivity contribution in [2.24, 2.45) is 7.05 Å². The molecular formula is C22H25N5O3S. The van der Waals surface area contributed by atoms with E-state index in [1.807, 2.05) is 24.7 Å². The van der Waals surface area contributed by atoms with Gasteiger partial charge in [-0.1, -0.05) is 12.1 Å². The molecule has 2 aromatic heterocycles. The third-order valence-corrected chi connectivity index (χ3v) is 7.33. The number of carbonyl (C=O) groups excluding carboxylic acids is 1. The molecule has 8 nitrogen and oxygen atoms in total. The van der Waals surface area contributed by atoms with Crippen LogP contribution in [0.5, 0.6) is 0 Å². The predicted molar refractivity (Wildman–Crippen MR) is 116 cm³/mol. The van der Waals surface area contributed by atoms with E-state index in [2.05, 4.69) is 15.4 Å². The van der Waals surface area contributed by atoms with Gasteiger partial charge in [0.1, 0.15) is 0 Å². The number of amides is 1. The van der Waals surface area contributed by atoms with Gasteiger partial charge < -0.3 is 5.32 Å². The monoisotopic (exact) mass is 439 g/mol. The van der Waals surface area contributed by atoms with Gasteiger partial charge in [-0.05, 0) is 36.8 Å². The van der Waals surface area contributed by atoms with Crippen LogP contribution in [-0.2, 0) is 36.5 Å². The van der Waals surface area contributed by atoms with Gasteiger partial charge in [0.05, 0.1) is 16.2 Å². The van der Waals surface area contributed by atoms with E-state index < -0.39 is 10.0 Å². The number of carbonyl (C=O) groups is 1. The van der Waals surface area contributed by atoms with Gasteiger partial charge in [-0.15, -0.1) is 0 Å². The maximum atomic E-state index is 13.2. The Labute approximate surface area is 182 Å². The SMILES string of the molecule is Cc1cccc(S(=O)(=O)N2CCc3c(c(CCNC(=O)c4cccnc4)nn3C)C2)c1. The van der Waals surface area contributed by atoms with Crippen LogP contribution >= 0.6 is 0 Å². The van der Waals surface area contributed by atoms with Crippen LogP contribution in [0.1, 0.15) is 32.9 Å². The molecule has 0 atom stereocenters. The quantitative estimate of drug-likeness (QED) is 0.632. The largest absolute Gasteiger partial charge is 0.352 e. The van der Waals surface area contributed by atoms with Gasteiger partial charge >= 0.3 is 0 Å². The standard InChI is InChI=1S/C22H25N5O3S/c1-16-5-3-7-18(13-16)31(29,30)27-12-9-21-19(15-27)20(25-26(21)2)8-11-24-22(28)17-6-4-10-23-14-17/h3-7,10,13-14H,8-9,11-12,15H2,1-2H3,(H,24,28). The molecule has 1 aromatic carbocycles. The normalized spacial score (nSPS) is 14.3. The van der Waals surface area contributed by atoms with E-state index in [9.17, 15) is 13.2 Å². The molecule has 1 N–H and O–H groups in total. The summed E-state index contributed by atoms with van der Waals surface area (Å²) >= 11 is 0. The van der Waals surface area contributed by atoms with Crippen molar-refractivity contribution in [3.05, 3.63) is 76.9 Å². The summed E-state index contributed by atoms with van der Waals surface area (Å²) < 4.78 is 29.7. The zero-order valence-electron chi connectivity index (χ0n) is 17.6. The highest BCUT2D eigenvalue weighted by atomic mass is 32.2. The molecular weight excluding hydrogens is 414 g/mol. The fraction of sp³-hybridized carbons (Fsp3) is 0.318. The molecule has 3 aromatic rings. The highest BCUT2D eigenvalue weighted by Gasteiger charge is 2.31. The highest BCUT2D eigenvalue weighted by Crippen LogP contribution is 2.27. The maximum Gasteiger partial charge on any atom is 0.252 e. The second-order valence-corrected chi connectivity index (χ2v) is 9.59. The Morgan fingerprint density at radius 3 is 2.81 bits per heavy atom. The van der Waals surface area contributed by atoms with E-state index in [1.54, 1.807) is 36.5 Å². The van der Waals surface area contributed by atoms with Gasteiger partial charge in [0, 0.05) is 63.2 Å². The van der Waals surface area contributed by atoms with E-state index in [0.29, 0.717) is 36.4 Å². The van der Waals surface area contributed by atoms with Crippen LogP contribution in [-0.4, -0.2) is 46.5 Å². The Kier molecular flexibility index (Phi) is 5.88. The summed E-state index contributed by atoms with van der Waals surface area (Å²) in [4.78, 5) is 16.5. The van der Waals surface area contributed by atoms with Crippen LogP contribution in [0.3, 0.4) is 0 Å². The molecule has 1 amide bonds. The fourth-order valence-corrected chi connectivity index (χ4v) is 5.38. The number of sulfonamides is 1. The molecule has 0 aliphatic carbocycles. The van der Waals surface area contributed by atoms with Crippen molar-refractivity contribution in [2.75, 3.05) is 13.1 Å². The number of hydrogen-bond acceptors (Lipinski definition) is 5. The van der Waals surface area contributed by atoms with E-state index in [-0.39, 0.29) is 12.5 Å². The van der Waals surface area contributed by atoms with Crippen molar-refractivity contribution < 1.29 is 13.2 Å². The maximum absolute atomic E-state index is 13.2. The van der Waals surface area contributed by atoms with E-state index >= 15 is 0 Å². The highest BCUT2D eigenvalue weighted by molar-refractivity contribution is 7.89. The molecule has 1 aliphatic rings. The Bertz CT molecular complexity index is 1210. The number of nitrogens with one attached hydrogen (secondary N) is 1. The van der Waals surface area contributed by atoms with Gasteiger partial charge in [0.15, 0.2) is 0 Å². The van der Waals surface area contributed by atoms with Gasteiger partial charge in [-0.25, -0.2) is 8.42 Å². The smallest absolute Gasteiger partial charge is 0.252 e. The first kappa shape index (κ1) is 21.2. The summed E-state index contributed by atoms with van der Waals surface area (Å²) in [6, 6.07) is 10.4. The number of aryl methyl sites for hydroxylation is 2. The summed E-state index contributed by atoms with van der Waals surface area (Å²) in [5.41, 5.74) is 4.20. The van der Waals surface area contributed by atoms with Crippen LogP contribution < -0.4 is 5.32 Å². The number of hydrogen-bond donors (Lipinski definition) is 1. The minimum atomic E-state index is -3.59. The summed E-state index contributed by atoms with van der Waals surface area (Å²) in [6.07, 6.45) is 4.26. The lowest BCUT2D eigenvalue weighted by Crippen LogP contribution is -2.36. The average Bonchev–Trinajstić information content (AvgIpc) is 3.09. The zero-order chi connectivity index (χ0) is 22.0. The molecule has 31 heavy (non-hydrogen) atoms. The number of rotatable bonds is 6. The molecule has 0 unspecified atom stereocenters. The summed E-state index contributed by atoms with van der Waals surface area (Å²) in [5.74, 6) is -0.193. The molecule has 4 rings (SSSR count). The molecule has 162 valence electrons. The van der Waals surface area contributed by atoms with Gasteiger partial charge in [0.25, 0.3) is 5.91 Å². The van der Waals surface area contributed by atoms with Crippen molar-refractivity contribution in [2.45, 2.75) is 31.2 Å². The lowest BCUT2D eigenvalue weighted by molar-refractivity contribution is 0.0953. The molecule has 0 spiro atoms. The first-order valence-corrected chi connectivity index (χ1v) is 11.6. The van der Waals surface area contributed by atoms with Crippen LogP contribution in [0, 0.1) is 6.92 Å². The predicted octanol–water partition coefficient (Wildman–Crippen LogP) is 1.84. The Hall–Kier alpha value is -3.04. The van der Waals surface area contributed by atoms with Crippen molar-refractivity contribution in [3.63, 3.8) is 0 Å². The van der Waals surface area contributed by atoms with Crippen LogP contribution in [0.4, 0.5) is 0 Å². The van der Waals surface area contributed by atoms with Gasteiger partial charge in [-0.3, -0.25) is 14.5 Å². The van der Waals surface area contributed by atoms with Crippen molar-refractivity contribution >= 4 is 15.9 Å². The van der Waals surface area contributed by atoms with E-state index in [0.717, 1.165) is 22.5 Å². The van der Waals surface area contributed by atoms with Gasteiger partial charge in [-0.2, -0.15) is 9.40 Å². The van der Waals surface area contributed by atoms with Crippen LogP contribution in [0.2, 0.25) is 0 Å². The molecule has 3 heterocycles. The lowest BCUT2D eigenvalue weighted by Gasteiger charge is -2.27. The van der Waals surface area contributed by atoms with Crippen LogP contribution in [0.25, 0.3) is 0 Å². The molecule has 0 fully saturated rings. The minimum Gasteiger partial charge on any atom is -0.352 e. The van der Waals surface area contributed by atoms with Crippen molar-refractivity contribution in [1.29, 1.82) is 0 Å². The Balaban J connectivity index is 1.48. The number of aromatic nitrogens is 3. The third kappa shape index (κ3) is 4.38. The molecule has 0 radical (unpaired) electrons. The number of pyridine rings is 1. The Morgan fingerprint density at radius 1 is 1.23 bits per heavy atom. The second kappa shape index (κ2) is 8.60. The first-order chi connectivity index (χ1) is 14.9. The molecule has 9 heteroatoms. The first-order valence-electron chi connectivity index (χ1n) is 10.1.